The second kappa shape index (κ2) is 11.3. The van der Waals surface area contributed by atoms with E-state index < -0.39 is 0 Å². The molecule has 0 bridgehead atoms. The Morgan fingerprint density at radius 1 is 0.900 bits per heavy atom. The highest BCUT2D eigenvalue weighted by molar-refractivity contribution is 7.99. The summed E-state index contributed by atoms with van der Waals surface area (Å²) in [6.45, 7) is 2.26. The third-order valence-corrected chi connectivity index (χ3v) is 6.62. The van der Waals surface area contributed by atoms with E-state index in [1.165, 1.54) is 56.0 Å². The van der Waals surface area contributed by atoms with Crippen LogP contribution in [0, 0.1) is 0 Å². The van der Waals surface area contributed by atoms with Crippen molar-refractivity contribution >= 4 is 22.5 Å². The van der Waals surface area contributed by atoms with Gasteiger partial charge >= 0.3 is 0 Å². The van der Waals surface area contributed by atoms with Crippen molar-refractivity contribution in [3.05, 3.63) is 46.1 Å². The topological polar surface area (TPSA) is 65.6 Å². The maximum atomic E-state index is 12.3. The van der Waals surface area contributed by atoms with Crippen LogP contribution in [0.25, 0.3) is 10.8 Å². The summed E-state index contributed by atoms with van der Waals surface area (Å²) in [6, 6.07) is 7.63. The van der Waals surface area contributed by atoms with Crippen LogP contribution in [0.1, 0.15) is 69.8 Å². The minimum atomic E-state index is -0.0751. The quantitative estimate of drug-likeness (QED) is 0.304. The summed E-state index contributed by atoms with van der Waals surface area (Å²) in [5, 5.41) is 15.8. The van der Waals surface area contributed by atoms with Crippen molar-refractivity contribution in [3.63, 3.8) is 0 Å². The van der Waals surface area contributed by atoms with Crippen molar-refractivity contribution in [2.24, 2.45) is 14.1 Å². The van der Waals surface area contributed by atoms with E-state index >= 15 is 0 Å². The second-order valence-corrected chi connectivity index (χ2v) is 8.94. The fourth-order valence-corrected chi connectivity index (χ4v) is 4.61. The summed E-state index contributed by atoms with van der Waals surface area (Å²) in [7, 11) is 3.70. The lowest BCUT2D eigenvalue weighted by atomic mass is 10.1. The molecule has 0 saturated heterocycles. The van der Waals surface area contributed by atoms with Crippen molar-refractivity contribution in [3.8, 4) is 0 Å². The van der Waals surface area contributed by atoms with Gasteiger partial charge in [0.15, 0.2) is 5.16 Å². The summed E-state index contributed by atoms with van der Waals surface area (Å²) < 4.78 is 3.46. The van der Waals surface area contributed by atoms with Crippen molar-refractivity contribution in [2.45, 2.75) is 69.9 Å². The Morgan fingerprint density at radius 3 is 2.30 bits per heavy atom. The Morgan fingerprint density at radius 2 is 1.57 bits per heavy atom. The van der Waals surface area contributed by atoms with E-state index in [9.17, 15) is 4.79 Å². The summed E-state index contributed by atoms with van der Waals surface area (Å²) in [5.74, 6) is 1.94. The van der Waals surface area contributed by atoms with E-state index in [2.05, 4.69) is 26.8 Å². The number of nitrogens with zero attached hydrogens (tertiary/aromatic N) is 5. The largest absolute Gasteiger partial charge is 0.309 e. The lowest BCUT2D eigenvalue weighted by Gasteiger charge is -2.08. The van der Waals surface area contributed by atoms with Crippen molar-refractivity contribution in [1.29, 1.82) is 0 Å². The van der Waals surface area contributed by atoms with Crippen molar-refractivity contribution < 1.29 is 0 Å². The van der Waals surface area contributed by atoms with E-state index in [1.54, 1.807) is 18.8 Å². The molecule has 162 valence electrons. The van der Waals surface area contributed by atoms with Crippen LogP contribution in [-0.4, -0.2) is 30.3 Å². The smallest absolute Gasteiger partial charge is 0.274 e. The lowest BCUT2D eigenvalue weighted by molar-refractivity contribution is 0.586. The molecule has 2 aromatic heterocycles. The first-order chi connectivity index (χ1) is 14.6. The van der Waals surface area contributed by atoms with Gasteiger partial charge in [-0.2, -0.15) is 5.10 Å². The first-order valence-electron chi connectivity index (χ1n) is 11.1. The summed E-state index contributed by atoms with van der Waals surface area (Å²) in [5.41, 5.74) is 0.775. The molecule has 0 atom stereocenters. The molecule has 0 aliphatic rings. The molecule has 0 unspecified atom stereocenters. The van der Waals surface area contributed by atoms with Crippen LogP contribution in [-0.2, 0) is 20.5 Å². The second-order valence-electron chi connectivity index (χ2n) is 7.88. The minimum absolute atomic E-state index is 0.0751. The van der Waals surface area contributed by atoms with Gasteiger partial charge in [-0.1, -0.05) is 81.8 Å². The van der Waals surface area contributed by atoms with E-state index in [0.29, 0.717) is 11.8 Å². The first-order valence-corrected chi connectivity index (χ1v) is 12.1. The Hall–Kier alpha value is -2.15. The van der Waals surface area contributed by atoms with Gasteiger partial charge in [-0.05, 0) is 12.5 Å². The van der Waals surface area contributed by atoms with Crippen LogP contribution in [0.2, 0.25) is 0 Å². The van der Waals surface area contributed by atoms with E-state index in [-0.39, 0.29) is 5.56 Å². The SMILES string of the molecule is CCCCCCCCCCSc1nnc(Cc2nn(C)c(=O)c3ccccc23)n1C. The van der Waals surface area contributed by atoms with Gasteiger partial charge in [0.1, 0.15) is 5.82 Å². The number of hydrogen-bond donors (Lipinski definition) is 0. The third kappa shape index (κ3) is 5.72. The maximum Gasteiger partial charge on any atom is 0.274 e. The Kier molecular flexibility index (Phi) is 8.49. The molecule has 0 aliphatic heterocycles. The molecule has 2 heterocycles. The standard InChI is InChI=1S/C23H33N5OS/c1-4-5-6-7-8-9-10-13-16-30-23-25-24-21(27(23)2)17-20-18-14-11-12-15-19(18)22(29)28(3)26-20/h11-12,14-15H,4-10,13,16-17H2,1-3H3. The van der Waals surface area contributed by atoms with Crippen molar-refractivity contribution in [2.75, 3.05) is 5.75 Å². The molecule has 30 heavy (non-hydrogen) atoms. The van der Waals surface area contributed by atoms with Crippen LogP contribution in [0.4, 0.5) is 0 Å². The molecule has 6 nitrogen and oxygen atoms in total. The summed E-state index contributed by atoms with van der Waals surface area (Å²) in [4.78, 5) is 12.3. The average molecular weight is 428 g/mol. The fraction of sp³-hybridized carbons (Fsp3) is 0.565. The zero-order valence-electron chi connectivity index (χ0n) is 18.4. The molecule has 3 aromatic rings. The molecule has 0 radical (unpaired) electrons. The number of aryl methyl sites for hydroxylation is 1. The normalized spacial score (nSPS) is 11.4. The van der Waals surface area contributed by atoms with Crippen LogP contribution < -0.4 is 5.56 Å². The van der Waals surface area contributed by atoms with Gasteiger partial charge < -0.3 is 4.57 Å². The van der Waals surface area contributed by atoms with Crippen LogP contribution in [0.5, 0.6) is 0 Å². The number of benzene rings is 1. The molecule has 7 heteroatoms. The van der Waals surface area contributed by atoms with Gasteiger partial charge in [-0.15, -0.1) is 10.2 Å². The van der Waals surface area contributed by atoms with Gasteiger partial charge in [0.05, 0.1) is 17.5 Å². The van der Waals surface area contributed by atoms with E-state index in [1.807, 2.05) is 31.3 Å². The first kappa shape index (κ1) is 22.5. The van der Waals surface area contributed by atoms with Crippen LogP contribution in [0.15, 0.2) is 34.2 Å². The molecule has 3 rings (SSSR count). The average Bonchev–Trinajstić information content (AvgIpc) is 3.10. The third-order valence-electron chi connectivity index (χ3n) is 5.51. The zero-order chi connectivity index (χ0) is 21.3. The summed E-state index contributed by atoms with van der Waals surface area (Å²) in [6.07, 6.45) is 11.2. The highest BCUT2D eigenvalue weighted by Crippen LogP contribution is 2.21. The Balaban J connectivity index is 1.55. The van der Waals surface area contributed by atoms with E-state index in [0.717, 1.165) is 27.8 Å². The van der Waals surface area contributed by atoms with Gasteiger partial charge in [0.2, 0.25) is 0 Å². The Labute approximate surface area is 183 Å². The number of rotatable bonds is 12. The molecular formula is C23H33N5OS. The molecule has 1 aromatic carbocycles. The molecule has 0 N–H and O–H groups in total. The van der Waals surface area contributed by atoms with Gasteiger partial charge in [-0.3, -0.25) is 4.79 Å². The number of fused-ring (bicyclic) bond motifs is 1. The minimum Gasteiger partial charge on any atom is -0.309 e. The number of hydrogen-bond acceptors (Lipinski definition) is 5. The van der Waals surface area contributed by atoms with Gasteiger partial charge in [0, 0.05) is 25.2 Å². The Bertz CT molecular complexity index is 1010. The monoisotopic (exact) mass is 427 g/mol. The van der Waals surface area contributed by atoms with Crippen molar-refractivity contribution in [1.82, 2.24) is 24.5 Å². The van der Waals surface area contributed by atoms with Crippen LogP contribution >= 0.6 is 11.8 Å². The van der Waals surface area contributed by atoms with Gasteiger partial charge in [-0.25, -0.2) is 4.68 Å². The number of aromatic nitrogens is 5. The fourth-order valence-electron chi connectivity index (χ4n) is 3.68. The number of unbranched alkanes of at least 4 members (excludes halogenated alkanes) is 7. The highest BCUT2D eigenvalue weighted by Gasteiger charge is 2.14. The number of thioether (sulfide) groups is 1. The molecular weight excluding hydrogens is 394 g/mol. The molecule has 0 fully saturated rings. The highest BCUT2D eigenvalue weighted by atomic mass is 32.2. The predicted molar refractivity (Wildman–Crippen MR) is 124 cm³/mol. The molecule has 0 spiro atoms. The predicted octanol–water partition coefficient (Wildman–Crippen LogP) is 4.89. The molecule has 0 amide bonds. The maximum absolute atomic E-state index is 12.3. The lowest BCUT2D eigenvalue weighted by Crippen LogP contribution is -2.21. The zero-order valence-corrected chi connectivity index (χ0v) is 19.2. The van der Waals surface area contributed by atoms with Gasteiger partial charge in [0.25, 0.3) is 5.56 Å². The van der Waals surface area contributed by atoms with E-state index in [4.69, 9.17) is 0 Å². The molecule has 0 saturated carbocycles. The summed E-state index contributed by atoms with van der Waals surface area (Å²) >= 11 is 1.77. The van der Waals surface area contributed by atoms with Crippen LogP contribution in [0.3, 0.4) is 0 Å². The molecule has 0 aliphatic carbocycles.